The molecule has 2 aromatic rings. The first-order chi connectivity index (χ1) is 11.3. The molecule has 0 bridgehead atoms. The number of carboxylic acid groups (broad SMARTS) is 1. The van der Waals surface area contributed by atoms with Gasteiger partial charge in [-0.15, -0.1) is 0 Å². The number of carbonyl (C=O) groups excluding carboxylic acids is 2. The van der Waals surface area contributed by atoms with E-state index in [2.05, 4.69) is 10.6 Å². The van der Waals surface area contributed by atoms with Crippen molar-refractivity contribution in [2.24, 2.45) is 7.05 Å². The van der Waals surface area contributed by atoms with Crippen molar-refractivity contribution < 1.29 is 19.5 Å². The molecular formula is C16H18ClN3O4. The predicted molar refractivity (Wildman–Crippen MR) is 90.1 cm³/mol. The van der Waals surface area contributed by atoms with E-state index in [1.54, 1.807) is 29.8 Å². The van der Waals surface area contributed by atoms with E-state index >= 15 is 0 Å². The van der Waals surface area contributed by atoms with Gasteiger partial charge in [-0.3, -0.25) is 14.4 Å². The molecule has 3 N–H and O–H groups in total. The zero-order valence-electron chi connectivity index (χ0n) is 13.3. The van der Waals surface area contributed by atoms with Crippen LogP contribution in [0.3, 0.4) is 0 Å². The summed E-state index contributed by atoms with van der Waals surface area (Å²) >= 11 is 5.95. The van der Waals surface area contributed by atoms with Gasteiger partial charge < -0.3 is 20.3 Å². The topological polar surface area (TPSA) is 100 Å². The number of aryl methyl sites for hydroxylation is 1. The van der Waals surface area contributed by atoms with Gasteiger partial charge in [0, 0.05) is 29.5 Å². The van der Waals surface area contributed by atoms with Crippen LogP contribution in [0.5, 0.6) is 0 Å². The van der Waals surface area contributed by atoms with E-state index in [9.17, 15) is 14.4 Å². The number of nitrogens with one attached hydrogen (secondary N) is 2. The first-order valence-corrected chi connectivity index (χ1v) is 7.72. The molecule has 1 aromatic carbocycles. The van der Waals surface area contributed by atoms with Gasteiger partial charge in [-0.25, -0.2) is 0 Å². The van der Waals surface area contributed by atoms with Crippen LogP contribution in [0.25, 0.3) is 10.9 Å². The molecule has 1 heterocycles. The lowest BCUT2D eigenvalue weighted by Crippen LogP contribution is -2.45. The minimum absolute atomic E-state index is 0.0148. The summed E-state index contributed by atoms with van der Waals surface area (Å²) in [6.07, 6.45) is -0.170. The molecule has 2 rings (SSSR count). The number of halogens is 1. The molecule has 1 aromatic heterocycles. The number of benzene rings is 1. The third-order valence-electron chi connectivity index (χ3n) is 3.62. The Morgan fingerprint density at radius 1 is 1.29 bits per heavy atom. The number of aliphatic carboxylic acids is 1. The van der Waals surface area contributed by atoms with Crippen LogP contribution in [0, 0.1) is 0 Å². The van der Waals surface area contributed by atoms with E-state index in [0.717, 1.165) is 10.9 Å². The van der Waals surface area contributed by atoms with Crippen LogP contribution in [-0.2, 0) is 16.6 Å². The average molecular weight is 352 g/mol. The highest BCUT2D eigenvalue weighted by molar-refractivity contribution is 6.31. The zero-order valence-corrected chi connectivity index (χ0v) is 14.1. The molecule has 2 amide bonds. The summed E-state index contributed by atoms with van der Waals surface area (Å²) in [7, 11) is 1.75. The average Bonchev–Trinajstić information content (AvgIpc) is 2.83. The normalized spacial score (nSPS) is 12.0. The Morgan fingerprint density at radius 2 is 2.00 bits per heavy atom. The Balaban J connectivity index is 2.05. The number of rotatable bonds is 6. The smallest absolute Gasteiger partial charge is 0.305 e. The van der Waals surface area contributed by atoms with Crippen LogP contribution in [0.15, 0.2) is 24.3 Å². The molecule has 0 spiro atoms. The molecule has 0 aliphatic heterocycles. The highest BCUT2D eigenvalue weighted by atomic mass is 35.5. The third kappa shape index (κ3) is 4.05. The van der Waals surface area contributed by atoms with E-state index in [0.29, 0.717) is 10.7 Å². The molecular weight excluding hydrogens is 334 g/mol. The first kappa shape index (κ1) is 17.8. The van der Waals surface area contributed by atoms with Crippen molar-refractivity contribution in [3.63, 3.8) is 0 Å². The van der Waals surface area contributed by atoms with Crippen molar-refractivity contribution in [2.75, 3.05) is 6.54 Å². The number of hydrogen-bond donors (Lipinski definition) is 3. The SMILES string of the molecule is CC(NC(=O)c1cc2cc(Cl)ccc2n1C)C(=O)NCCC(=O)O. The predicted octanol–water partition coefficient (Wildman–Crippen LogP) is 1.54. The molecule has 0 aliphatic rings. The number of carbonyl (C=O) groups is 3. The molecule has 1 atom stereocenters. The number of nitrogens with zero attached hydrogens (tertiary/aromatic N) is 1. The molecule has 1 unspecified atom stereocenters. The molecule has 0 fully saturated rings. The maximum Gasteiger partial charge on any atom is 0.305 e. The van der Waals surface area contributed by atoms with Gasteiger partial charge in [0.05, 0.1) is 6.42 Å². The van der Waals surface area contributed by atoms with E-state index in [-0.39, 0.29) is 13.0 Å². The van der Waals surface area contributed by atoms with Gasteiger partial charge in [-0.2, -0.15) is 0 Å². The molecule has 0 radical (unpaired) electrons. The van der Waals surface area contributed by atoms with E-state index in [4.69, 9.17) is 16.7 Å². The standard InChI is InChI=1S/C16H18ClN3O4/c1-9(15(23)18-6-5-14(21)22)19-16(24)13-8-10-7-11(17)3-4-12(10)20(13)2/h3-4,7-9H,5-6H2,1-2H3,(H,18,23)(H,19,24)(H,21,22). The Hall–Kier alpha value is -2.54. The monoisotopic (exact) mass is 351 g/mol. The molecule has 0 saturated heterocycles. The van der Waals surface area contributed by atoms with Gasteiger partial charge in [-0.05, 0) is 31.2 Å². The van der Waals surface area contributed by atoms with Gasteiger partial charge in [0.15, 0.2) is 0 Å². The summed E-state index contributed by atoms with van der Waals surface area (Å²) in [5.41, 5.74) is 1.25. The molecule has 0 aliphatic carbocycles. The van der Waals surface area contributed by atoms with Crippen LogP contribution in [0.2, 0.25) is 5.02 Å². The quantitative estimate of drug-likeness (QED) is 0.734. The highest BCUT2D eigenvalue weighted by Crippen LogP contribution is 2.22. The molecule has 0 saturated carbocycles. The summed E-state index contributed by atoms with van der Waals surface area (Å²) in [5.74, 6) is -1.83. The van der Waals surface area contributed by atoms with E-state index in [1.165, 1.54) is 6.92 Å². The number of amides is 2. The second-order valence-electron chi connectivity index (χ2n) is 5.42. The zero-order chi connectivity index (χ0) is 17.9. The summed E-state index contributed by atoms with van der Waals surface area (Å²) in [5, 5.41) is 15.0. The first-order valence-electron chi connectivity index (χ1n) is 7.35. The maximum absolute atomic E-state index is 12.4. The van der Waals surface area contributed by atoms with Gasteiger partial charge in [0.2, 0.25) is 5.91 Å². The third-order valence-corrected chi connectivity index (χ3v) is 3.85. The second-order valence-corrected chi connectivity index (χ2v) is 5.86. The Kier molecular flexibility index (Phi) is 5.46. The number of fused-ring (bicyclic) bond motifs is 1. The molecule has 7 nitrogen and oxygen atoms in total. The van der Waals surface area contributed by atoms with E-state index in [1.807, 2.05) is 6.07 Å². The second kappa shape index (κ2) is 7.35. The Labute approximate surface area is 143 Å². The van der Waals surface area contributed by atoms with Crippen molar-refractivity contribution in [1.82, 2.24) is 15.2 Å². The lowest BCUT2D eigenvalue weighted by molar-refractivity contribution is -0.137. The number of carboxylic acids is 1. The highest BCUT2D eigenvalue weighted by Gasteiger charge is 2.19. The largest absolute Gasteiger partial charge is 0.481 e. The summed E-state index contributed by atoms with van der Waals surface area (Å²) < 4.78 is 1.72. The van der Waals surface area contributed by atoms with Gasteiger partial charge in [0.1, 0.15) is 11.7 Å². The number of hydrogen-bond acceptors (Lipinski definition) is 3. The lowest BCUT2D eigenvalue weighted by atomic mass is 10.2. The fraction of sp³-hybridized carbons (Fsp3) is 0.312. The maximum atomic E-state index is 12.4. The minimum Gasteiger partial charge on any atom is -0.481 e. The van der Waals surface area contributed by atoms with Crippen LogP contribution in [-0.4, -0.2) is 40.0 Å². The van der Waals surface area contributed by atoms with E-state index < -0.39 is 23.8 Å². The molecule has 8 heteroatoms. The Morgan fingerprint density at radius 3 is 2.67 bits per heavy atom. The van der Waals surface area contributed by atoms with Crippen LogP contribution in [0.1, 0.15) is 23.8 Å². The van der Waals surface area contributed by atoms with Crippen molar-refractivity contribution in [1.29, 1.82) is 0 Å². The van der Waals surface area contributed by atoms with Crippen LogP contribution >= 0.6 is 11.6 Å². The van der Waals surface area contributed by atoms with Crippen molar-refractivity contribution >= 4 is 40.3 Å². The number of aromatic nitrogens is 1. The summed E-state index contributed by atoms with van der Waals surface area (Å²) in [6.45, 7) is 1.55. The van der Waals surface area contributed by atoms with Crippen molar-refractivity contribution in [2.45, 2.75) is 19.4 Å². The van der Waals surface area contributed by atoms with Gasteiger partial charge >= 0.3 is 5.97 Å². The van der Waals surface area contributed by atoms with Crippen LogP contribution < -0.4 is 10.6 Å². The fourth-order valence-electron chi connectivity index (χ4n) is 2.32. The Bertz CT molecular complexity index is 800. The summed E-state index contributed by atoms with van der Waals surface area (Å²) in [6, 6.07) is 6.23. The summed E-state index contributed by atoms with van der Waals surface area (Å²) in [4.78, 5) is 34.7. The minimum atomic E-state index is -0.999. The lowest BCUT2D eigenvalue weighted by Gasteiger charge is -2.14. The molecule has 128 valence electrons. The van der Waals surface area contributed by atoms with Crippen molar-refractivity contribution in [3.05, 3.63) is 35.0 Å². The molecule has 24 heavy (non-hydrogen) atoms. The van der Waals surface area contributed by atoms with Crippen molar-refractivity contribution in [3.8, 4) is 0 Å². The fourth-order valence-corrected chi connectivity index (χ4v) is 2.50. The van der Waals surface area contributed by atoms with Gasteiger partial charge in [-0.1, -0.05) is 11.6 Å². The van der Waals surface area contributed by atoms with Crippen LogP contribution in [0.4, 0.5) is 0 Å². The van der Waals surface area contributed by atoms with Gasteiger partial charge in [0.25, 0.3) is 5.91 Å².